The number of imidazole rings is 1. The minimum atomic E-state index is -4.98. The Hall–Kier alpha value is -3.40. The number of aliphatic hydroxyl groups is 1. The number of nitrogens with two attached hydrogens (primary N) is 1. The zero-order valence-electron chi connectivity index (χ0n) is 20.0. The molecule has 1 aromatic carbocycles. The van der Waals surface area contributed by atoms with E-state index >= 15 is 0 Å². The zero-order chi connectivity index (χ0) is 25.3. The summed E-state index contributed by atoms with van der Waals surface area (Å²) in [6, 6.07) is 3.08. The van der Waals surface area contributed by atoms with Crippen LogP contribution in [0.2, 0.25) is 0 Å². The molecule has 3 aromatic heterocycles. The molecule has 4 aromatic rings. The van der Waals surface area contributed by atoms with Crippen LogP contribution in [-0.4, -0.2) is 35.4 Å². The lowest BCUT2D eigenvalue weighted by atomic mass is 9.91. The molecule has 1 aliphatic rings. The number of halogens is 3. The Bertz CT molecular complexity index is 1460. The number of aryl methyl sites for hydroxylation is 2. The molecular formula is C22H21F3N6O. The number of nitrogens with zero attached hydrogens (tertiary/aromatic N) is 5. The summed E-state index contributed by atoms with van der Waals surface area (Å²) in [4.78, 5) is 8.67. The van der Waals surface area contributed by atoms with Crippen LogP contribution in [0.5, 0.6) is 0 Å². The highest BCUT2D eigenvalue weighted by molar-refractivity contribution is 5.75. The van der Waals surface area contributed by atoms with Crippen LogP contribution >= 0.6 is 0 Å². The molecule has 10 heteroatoms. The lowest BCUT2D eigenvalue weighted by Gasteiger charge is -2.27. The largest absolute Gasteiger partial charge is 0.421 e. The van der Waals surface area contributed by atoms with Crippen molar-refractivity contribution in [2.24, 2.45) is 0 Å². The van der Waals surface area contributed by atoms with Gasteiger partial charge in [0.2, 0.25) is 0 Å². The molecule has 1 atom stereocenters. The van der Waals surface area contributed by atoms with Crippen molar-refractivity contribution in [1.29, 1.82) is 0 Å². The van der Waals surface area contributed by atoms with Gasteiger partial charge in [0.15, 0.2) is 17.1 Å². The van der Waals surface area contributed by atoms with Crippen molar-refractivity contribution in [3.8, 4) is 22.5 Å². The quantitative estimate of drug-likeness (QED) is 0.499. The van der Waals surface area contributed by atoms with Gasteiger partial charge in [0, 0.05) is 33.7 Å². The molecule has 0 fully saturated rings. The summed E-state index contributed by atoms with van der Waals surface area (Å²) in [7, 11) is 0. The highest BCUT2D eigenvalue weighted by atomic mass is 19.4. The lowest BCUT2D eigenvalue weighted by Crippen LogP contribution is -2.39. The first kappa shape index (κ1) is 17.2. The Kier molecular flexibility index (Phi) is 3.65. The number of benzene rings is 1. The fourth-order valence-corrected chi connectivity index (χ4v) is 4.04. The Morgan fingerprint density at radius 2 is 2.03 bits per heavy atom. The Labute approximate surface area is 185 Å². The van der Waals surface area contributed by atoms with Gasteiger partial charge in [-0.05, 0) is 43.8 Å². The molecule has 0 amide bonds. The first-order valence-electron chi connectivity index (χ1n) is 11.4. The van der Waals surface area contributed by atoms with E-state index < -0.39 is 24.2 Å². The summed E-state index contributed by atoms with van der Waals surface area (Å²) >= 11 is 0. The van der Waals surface area contributed by atoms with E-state index in [9.17, 15) is 18.3 Å². The highest BCUT2D eigenvalue weighted by Crippen LogP contribution is 2.40. The van der Waals surface area contributed by atoms with Crippen LogP contribution in [0.3, 0.4) is 0 Å². The maximum Gasteiger partial charge on any atom is 0.421 e. The van der Waals surface area contributed by atoms with Gasteiger partial charge in [-0.25, -0.2) is 9.97 Å². The van der Waals surface area contributed by atoms with Gasteiger partial charge in [0.25, 0.3) is 0 Å². The van der Waals surface area contributed by atoms with E-state index in [0.717, 1.165) is 48.8 Å². The van der Waals surface area contributed by atoms with E-state index in [1.54, 1.807) is 12.4 Å². The van der Waals surface area contributed by atoms with Gasteiger partial charge < -0.3 is 10.8 Å². The SMILES string of the molecule is [2H]C([2H])([2H])c1ccc(C(C)(O)C(F)(F)F)cc1-c1cnc2c(N)nc(-c3cnn4c3CCC4)cn12. The predicted octanol–water partition coefficient (Wildman–Crippen LogP) is 3.87. The van der Waals surface area contributed by atoms with Crippen molar-refractivity contribution in [3.05, 3.63) is 53.6 Å². The number of alkyl halides is 3. The van der Waals surface area contributed by atoms with E-state index in [4.69, 9.17) is 9.85 Å². The van der Waals surface area contributed by atoms with Crippen molar-refractivity contribution in [3.63, 3.8) is 0 Å². The Balaban J connectivity index is 1.75. The van der Waals surface area contributed by atoms with E-state index in [1.807, 2.05) is 4.68 Å². The topological polar surface area (TPSA) is 94.3 Å². The fraction of sp³-hybridized carbons (Fsp3) is 0.318. The third-order valence-corrected chi connectivity index (χ3v) is 5.94. The summed E-state index contributed by atoms with van der Waals surface area (Å²) in [5.41, 5.74) is 4.89. The van der Waals surface area contributed by atoms with Crippen LogP contribution in [0.15, 0.2) is 36.8 Å². The van der Waals surface area contributed by atoms with E-state index in [0.29, 0.717) is 12.6 Å². The standard InChI is InChI=1S/C22H21F3N6O/c1-12-5-6-13(21(2,32)22(23,24)25)8-14(12)18-10-27-20-19(26)29-16(11-30(18)20)15-9-28-31-7-3-4-17(15)31/h5-6,8-11,32H,3-4,7H2,1-2H3,(H2,26,29)/i1D3. The second-order valence-electron chi connectivity index (χ2n) is 8.01. The van der Waals surface area contributed by atoms with Gasteiger partial charge in [-0.3, -0.25) is 9.08 Å². The highest BCUT2D eigenvalue weighted by Gasteiger charge is 2.51. The normalized spacial score (nSPS) is 17.6. The predicted molar refractivity (Wildman–Crippen MR) is 113 cm³/mol. The van der Waals surface area contributed by atoms with Crippen LogP contribution in [-0.2, 0) is 18.6 Å². The van der Waals surface area contributed by atoms with Crippen LogP contribution in [0.25, 0.3) is 28.2 Å². The molecule has 1 unspecified atom stereocenters. The molecule has 4 heterocycles. The maximum absolute atomic E-state index is 13.5. The minimum Gasteiger partial charge on any atom is -0.381 e. The molecule has 5 rings (SSSR count). The molecule has 32 heavy (non-hydrogen) atoms. The number of hydrogen-bond acceptors (Lipinski definition) is 5. The average Bonchev–Trinajstić information content (AvgIpc) is 3.47. The molecule has 3 N–H and O–H groups in total. The summed E-state index contributed by atoms with van der Waals surface area (Å²) < 4.78 is 67.8. The number of hydrogen-bond donors (Lipinski definition) is 2. The van der Waals surface area contributed by atoms with E-state index in [1.165, 1.54) is 10.6 Å². The molecule has 166 valence electrons. The summed E-state index contributed by atoms with van der Waals surface area (Å²) in [5.74, 6) is 0.0700. The lowest BCUT2D eigenvalue weighted by molar-refractivity contribution is -0.258. The zero-order valence-corrected chi connectivity index (χ0v) is 17.0. The maximum atomic E-state index is 13.5. The summed E-state index contributed by atoms with van der Waals surface area (Å²) in [6.45, 7) is -1.23. The van der Waals surface area contributed by atoms with E-state index in [-0.39, 0.29) is 28.3 Å². The molecule has 0 bridgehead atoms. The van der Waals surface area contributed by atoms with Crippen molar-refractivity contribution < 1.29 is 22.4 Å². The van der Waals surface area contributed by atoms with Gasteiger partial charge in [-0.1, -0.05) is 12.1 Å². The first-order chi connectivity index (χ1) is 16.3. The van der Waals surface area contributed by atoms with Gasteiger partial charge >= 0.3 is 6.18 Å². The number of rotatable bonds is 3. The minimum absolute atomic E-state index is 0.0312. The van der Waals surface area contributed by atoms with Gasteiger partial charge in [-0.15, -0.1) is 0 Å². The third kappa shape index (κ3) is 2.97. The Morgan fingerprint density at radius 1 is 1.22 bits per heavy atom. The summed E-state index contributed by atoms with van der Waals surface area (Å²) in [6.07, 6.45) is 1.39. The molecule has 0 saturated carbocycles. The molecule has 0 saturated heterocycles. The Morgan fingerprint density at radius 3 is 2.78 bits per heavy atom. The van der Waals surface area contributed by atoms with Crippen molar-refractivity contribution >= 4 is 11.5 Å². The van der Waals surface area contributed by atoms with Gasteiger partial charge in [-0.2, -0.15) is 18.3 Å². The molecule has 0 spiro atoms. The molecule has 7 nitrogen and oxygen atoms in total. The molecule has 0 radical (unpaired) electrons. The van der Waals surface area contributed by atoms with Crippen molar-refractivity contribution in [1.82, 2.24) is 24.1 Å². The van der Waals surface area contributed by atoms with Gasteiger partial charge in [0.1, 0.15) is 0 Å². The van der Waals surface area contributed by atoms with Crippen LogP contribution < -0.4 is 5.73 Å². The van der Waals surface area contributed by atoms with Gasteiger partial charge in [0.05, 0.1) is 23.8 Å². The fourth-order valence-electron chi connectivity index (χ4n) is 4.04. The van der Waals surface area contributed by atoms with E-state index in [2.05, 4.69) is 15.1 Å². The third-order valence-electron chi connectivity index (χ3n) is 5.94. The van der Waals surface area contributed by atoms with Crippen molar-refractivity contribution in [2.45, 2.75) is 44.9 Å². The van der Waals surface area contributed by atoms with Crippen LogP contribution in [0.4, 0.5) is 19.0 Å². The van der Waals surface area contributed by atoms with Crippen LogP contribution in [0, 0.1) is 6.85 Å². The monoisotopic (exact) mass is 445 g/mol. The number of aromatic nitrogens is 5. The van der Waals surface area contributed by atoms with Crippen molar-refractivity contribution in [2.75, 3.05) is 5.73 Å². The summed E-state index contributed by atoms with van der Waals surface area (Å²) in [5, 5.41) is 14.6. The smallest absolute Gasteiger partial charge is 0.381 e. The van der Waals surface area contributed by atoms with Crippen LogP contribution in [0.1, 0.15) is 34.3 Å². The molecule has 1 aliphatic heterocycles. The number of anilines is 1. The first-order valence-corrected chi connectivity index (χ1v) is 9.92. The molecule has 0 aliphatic carbocycles. The molecular weight excluding hydrogens is 421 g/mol. The second kappa shape index (κ2) is 6.80. The number of fused-ring (bicyclic) bond motifs is 2. The second-order valence-corrected chi connectivity index (χ2v) is 8.01. The average molecular weight is 445 g/mol. The number of nitrogen functional groups attached to an aromatic ring is 1.